The van der Waals surface area contributed by atoms with Crippen molar-refractivity contribution in [2.45, 2.75) is 20.3 Å². The summed E-state index contributed by atoms with van der Waals surface area (Å²) >= 11 is 1.29. The van der Waals surface area contributed by atoms with Gasteiger partial charge in [0.2, 0.25) is 5.91 Å². The number of anilines is 2. The molecule has 0 aliphatic carbocycles. The van der Waals surface area contributed by atoms with Gasteiger partial charge in [0.15, 0.2) is 0 Å². The van der Waals surface area contributed by atoms with E-state index in [2.05, 4.69) is 10.6 Å². The van der Waals surface area contributed by atoms with Gasteiger partial charge in [-0.2, -0.15) is 0 Å². The van der Waals surface area contributed by atoms with Crippen molar-refractivity contribution < 1.29 is 23.1 Å². The summed E-state index contributed by atoms with van der Waals surface area (Å²) in [6, 6.07) is 4.60. The second-order valence-corrected chi connectivity index (χ2v) is 6.23. The van der Waals surface area contributed by atoms with Gasteiger partial charge in [-0.15, -0.1) is 11.3 Å². The van der Waals surface area contributed by atoms with E-state index < -0.39 is 23.5 Å². The van der Waals surface area contributed by atoms with Crippen LogP contribution in [0.3, 0.4) is 0 Å². The number of halogens is 2. The molecule has 0 spiro atoms. The Bertz CT molecular complexity index is 757. The van der Waals surface area contributed by atoms with E-state index in [4.69, 9.17) is 4.74 Å². The van der Waals surface area contributed by atoms with Crippen LogP contribution in [0.15, 0.2) is 24.3 Å². The summed E-state index contributed by atoms with van der Waals surface area (Å²) in [6.45, 7) is 3.67. The lowest BCUT2D eigenvalue weighted by Gasteiger charge is -2.08. The molecule has 2 aromatic rings. The van der Waals surface area contributed by atoms with Crippen LogP contribution in [0.2, 0.25) is 0 Å². The maximum Gasteiger partial charge on any atom is 0.341 e. The summed E-state index contributed by atoms with van der Waals surface area (Å²) in [5.74, 6) is -2.43. The lowest BCUT2D eigenvalue weighted by molar-refractivity contribution is -0.114. The number of nitrogens with one attached hydrogen (secondary N) is 2. The second-order valence-electron chi connectivity index (χ2n) is 5.09. The van der Waals surface area contributed by atoms with Crippen LogP contribution in [0, 0.1) is 11.6 Å². The first kappa shape index (κ1) is 18.9. The highest BCUT2D eigenvalue weighted by atomic mass is 32.1. The normalized spacial score (nSPS) is 10.4. The Labute approximate surface area is 148 Å². The Hall–Kier alpha value is -2.48. The van der Waals surface area contributed by atoms with Crippen LogP contribution < -0.4 is 10.6 Å². The average molecular weight is 368 g/mol. The third-order valence-electron chi connectivity index (χ3n) is 3.20. The molecular formula is C17H18F2N2O3S. The molecule has 5 nitrogen and oxygen atoms in total. The molecule has 1 aromatic heterocycles. The number of rotatable bonds is 7. The number of ether oxygens (including phenoxy) is 1. The molecule has 0 aliphatic heterocycles. The zero-order valence-electron chi connectivity index (χ0n) is 13.8. The lowest BCUT2D eigenvalue weighted by atomic mass is 10.2. The molecule has 0 radical (unpaired) electrons. The van der Waals surface area contributed by atoms with Gasteiger partial charge in [-0.1, -0.05) is 6.92 Å². The van der Waals surface area contributed by atoms with E-state index in [-0.39, 0.29) is 18.8 Å². The molecule has 0 atom stereocenters. The van der Waals surface area contributed by atoms with Crippen molar-refractivity contribution in [3.63, 3.8) is 0 Å². The molecule has 2 N–H and O–H groups in total. The van der Waals surface area contributed by atoms with Crippen molar-refractivity contribution in [2.24, 2.45) is 0 Å². The maximum absolute atomic E-state index is 13.1. The Morgan fingerprint density at radius 1 is 1.12 bits per heavy atom. The quantitative estimate of drug-likeness (QED) is 0.729. The standard InChI is InChI=1S/C17H18F2N2O3S/c1-3-13-8-14(17(23)24-4-2)16(25-13)21-15(22)9-20-12-6-10(18)5-11(19)7-12/h5-8,20H,3-4,9H2,1-2H3,(H,21,22). The zero-order chi connectivity index (χ0) is 18.4. The predicted molar refractivity (Wildman–Crippen MR) is 93.1 cm³/mol. The Balaban J connectivity index is 2.04. The van der Waals surface area contributed by atoms with Crippen LogP contribution in [0.5, 0.6) is 0 Å². The number of benzene rings is 1. The first-order valence-electron chi connectivity index (χ1n) is 7.72. The largest absolute Gasteiger partial charge is 0.462 e. The number of carbonyl (C=O) groups excluding carboxylic acids is 2. The van der Waals surface area contributed by atoms with Gasteiger partial charge in [0.1, 0.15) is 16.6 Å². The molecule has 0 fully saturated rings. The molecule has 134 valence electrons. The number of hydrogen-bond donors (Lipinski definition) is 2. The molecule has 25 heavy (non-hydrogen) atoms. The highest BCUT2D eigenvalue weighted by Crippen LogP contribution is 2.29. The van der Waals surface area contributed by atoms with E-state index in [0.717, 1.165) is 23.1 Å². The monoisotopic (exact) mass is 368 g/mol. The summed E-state index contributed by atoms with van der Waals surface area (Å²) in [5.41, 5.74) is 0.451. The van der Waals surface area contributed by atoms with E-state index in [9.17, 15) is 18.4 Å². The van der Waals surface area contributed by atoms with Crippen molar-refractivity contribution in [2.75, 3.05) is 23.8 Å². The minimum atomic E-state index is -0.738. The van der Waals surface area contributed by atoms with Crippen molar-refractivity contribution in [3.05, 3.63) is 46.3 Å². The van der Waals surface area contributed by atoms with E-state index in [1.165, 1.54) is 11.3 Å². The maximum atomic E-state index is 13.1. The van der Waals surface area contributed by atoms with Crippen LogP contribution in [-0.2, 0) is 16.0 Å². The molecule has 2 rings (SSSR count). The highest BCUT2D eigenvalue weighted by Gasteiger charge is 2.18. The zero-order valence-corrected chi connectivity index (χ0v) is 14.6. The highest BCUT2D eigenvalue weighted by molar-refractivity contribution is 7.16. The van der Waals surface area contributed by atoms with Crippen molar-refractivity contribution >= 4 is 33.9 Å². The van der Waals surface area contributed by atoms with Gasteiger partial charge in [-0.05, 0) is 31.5 Å². The minimum Gasteiger partial charge on any atom is -0.462 e. The lowest BCUT2D eigenvalue weighted by Crippen LogP contribution is -2.22. The third-order valence-corrected chi connectivity index (χ3v) is 4.39. The number of amides is 1. The number of carbonyl (C=O) groups is 2. The molecule has 0 bridgehead atoms. The number of esters is 1. The topological polar surface area (TPSA) is 67.4 Å². The van der Waals surface area contributed by atoms with E-state index >= 15 is 0 Å². The van der Waals surface area contributed by atoms with Crippen LogP contribution in [-0.4, -0.2) is 25.0 Å². The first-order valence-corrected chi connectivity index (χ1v) is 8.54. The number of thiophene rings is 1. The molecular weight excluding hydrogens is 350 g/mol. The third kappa shape index (κ3) is 5.25. The molecule has 0 aliphatic rings. The minimum absolute atomic E-state index is 0.152. The van der Waals surface area contributed by atoms with Gasteiger partial charge in [-0.25, -0.2) is 13.6 Å². The van der Waals surface area contributed by atoms with Crippen molar-refractivity contribution in [3.8, 4) is 0 Å². The van der Waals surface area contributed by atoms with Crippen LogP contribution >= 0.6 is 11.3 Å². The van der Waals surface area contributed by atoms with Gasteiger partial charge >= 0.3 is 5.97 Å². The molecule has 1 aromatic carbocycles. The molecule has 0 saturated heterocycles. The van der Waals surface area contributed by atoms with Gasteiger partial charge in [0.05, 0.1) is 18.7 Å². The fourth-order valence-electron chi connectivity index (χ4n) is 2.08. The summed E-state index contributed by atoms with van der Waals surface area (Å²) in [4.78, 5) is 25.0. The summed E-state index contributed by atoms with van der Waals surface area (Å²) < 4.78 is 31.2. The SMILES string of the molecule is CCOC(=O)c1cc(CC)sc1NC(=O)CNc1cc(F)cc(F)c1. The van der Waals surface area contributed by atoms with Gasteiger partial charge in [0, 0.05) is 16.6 Å². The van der Waals surface area contributed by atoms with E-state index in [1.807, 2.05) is 6.92 Å². The predicted octanol–water partition coefficient (Wildman–Crippen LogP) is 3.82. The Morgan fingerprint density at radius 2 is 1.80 bits per heavy atom. The Morgan fingerprint density at radius 3 is 2.40 bits per heavy atom. The fourth-order valence-corrected chi connectivity index (χ4v) is 3.08. The molecule has 8 heteroatoms. The summed E-state index contributed by atoms with van der Waals surface area (Å²) in [7, 11) is 0. The van der Waals surface area contributed by atoms with Gasteiger partial charge < -0.3 is 15.4 Å². The van der Waals surface area contributed by atoms with E-state index in [0.29, 0.717) is 17.0 Å². The summed E-state index contributed by atoms with van der Waals surface area (Å²) in [5, 5.41) is 5.67. The van der Waals surface area contributed by atoms with Crippen LogP contribution in [0.1, 0.15) is 29.1 Å². The molecule has 0 unspecified atom stereocenters. The van der Waals surface area contributed by atoms with Crippen LogP contribution in [0.25, 0.3) is 0 Å². The second kappa shape index (κ2) is 8.57. The fraction of sp³-hybridized carbons (Fsp3) is 0.294. The van der Waals surface area contributed by atoms with Gasteiger partial charge in [-0.3, -0.25) is 4.79 Å². The molecule has 1 amide bonds. The van der Waals surface area contributed by atoms with Gasteiger partial charge in [0.25, 0.3) is 0 Å². The molecule has 0 saturated carbocycles. The average Bonchev–Trinajstić information content (AvgIpc) is 2.95. The van der Waals surface area contributed by atoms with Crippen molar-refractivity contribution in [1.82, 2.24) is 0 Å². The smallest absolute Gasteiger partial charge is 0.341 e. The number of hydrogen-bond acceptors (Lipinski definition) is 5. The molecule has 1 heterocycles. The first-order chi connectivity index (χ1) is 11.9. The van der Waals surface area contributed by atoms with E-state index in [1.54, 1.807) is 13.0 Å². The van der Waals surface area contributed by atoms with Crippen molar-refractivity contribution in [1.29, 1.82) is 0 Å². The number of aryl methyl sites for hydroxylation is 1. The summed E-state index contributed by atoms with van der Waals surface area (Å²) in [6.07, 6.45) is 0.716. The Kier molecular flexibility index (Phi) is 6.46. The van der Waals surface area contributed by atoms with Crippen LogP contribution in [0.4, 0.5) is 19.5 Å².